The van der Waals surface area contributed by atoms with E-state index in [-0.39, 0.29) is 11.9 Å². The van der Waals surface area contributed by atoms with E-state index in [9.17, 15) is 4.79 Å². The first-order valence-electron chi connectivity index (χ1n) is 6.31. The summed E-state index contributed by atoms with van der Waals surface area (Å²) in [6, 6.07) is 12.6. The minimum Gasteiger partial charge on any atom is -0.491 e. The lowest BCUT2D eigenvalue weighted by Gasteiger charge is -2.10. The normalized spacial score (nSPS) is 10.5. The van der Waals surface area contributed by atoms with Crippen molar-refractivity contribution in [2.75, 3.05) is 0 Å². The number of nitrogens with zero attached hydrogens (tertiary/aromatic N) is 1. The quantitative estimate of drug-likeness (QED) is 0.786. The Labute approximate surface area is 113 Å². The molecule has 0 atom stereocenters. The van der Waals surface area contributed by atoms with Gasteiger partial charge in [-0.1, -0.05) is 18.2 Å². The van der Waals surface area contributed by atoms with Crippen LogP contribution in [0.5, 0.6) is 5.75 Å². The summed E-state index contributed by atoms with van der Waals surface area (Å²) in [5.41, 5.74) is 1.89. The molecule has 0 bridgehead atoms. The summed E-state index contributed by atoms with van der Waals surface area (Å²) in [7, 11) is 0. The first-order chi connectivity index (χ1) is 9.06. The van der Waals surface area contributed by atoms with Gasteiger partial charge in [0.2, 0.25) is 5.78 Å². The fraction of sp³-hybridized carbons (Fsp3) is 0.250. The van der Waals surface area contributed by atoms with Gasteiger partial charge in [-0.15, -0.1) is 0 Å². The number of ether oxygens (including phenoxy) is 1. The average Bonchev–Trinajstić information content (AvgIpc) is 2.37. The molecule has 1 heterocycles. The van der Waals surface area contributed by atoms with E-state index in [2.05, 4.69) is 4.98 Å². The van der Waals surface area contributed by atoms with Gasteiger partial charge in [-0.3, -0.25) is 4.79 Å². The molecule has 0 fully saturated rings. The van der Waals surface area contributed by atoms with E-state index in [0.717, 1.165) is 5.69 Å². The monoisotopic (exact) mass is 255 g/mol. The summed E-state index contributed by atoms with van der Waals surface area (Å²) in [6.07, 6.45) is 0.0856. The second kappa shape index (κ2) is 5.65. The molecule has 3 nitrogen and oxygen atoms in total. The van der Waals surface area contributed by atoms with E-state index in [1.54, 1.807) is 18.2 Å². The number of hydrogen-bond acceptors (Lipinski definition) is 3. The second-order valence-corrected chi connectivity index (χ2v) is 4.69. The van der Waals surface area contributed by atoms with E-state index < -0.39 is 0 Å². The van der Waals surface area contributed by atoms with Gasteiger partial charge in [-0.05, 0) is 45.0 Å². The maximum atomic E-state index is 12.3. The fourth-order valence-corrected chi connectivity index (χ4v) is 1.80. The average molecular weight is 255 g/mol. The molecule has 0 spiro atoms. The summed E-state index contributed by atoms with van der Waals surface area (Å²) >= 11 is 0. The Morgan fingerprint density at radius 3 is 2.58 bits per heavy atom. The minimum absolute atomic E-state index is 0.0853. The zero-order valence-electron chi connectivity index (χ0n) is 11.4. The molecule has 0 saturated heterocycles. The molecule has 1 aromatic carbocycles. The lowest BCUT2D eigenvalue weighted by atomic mass is 10.1. The minimum atomic E-state index is -0.0853. The number of aromatic nitrogens is 1. The van der Waals surface area contributed by atoms with Gasteiger partial charge in [0, 0.05) is 11.3 Å². The Kier molecular flexibility index (Phi) is 3.95. The van der Waals surface area contributed by atoms with Crippen LogP contribution in [0.4, 0.5) is 0 Å². The van der Waals surface area contributed by atoms with Crippen LogP contribution < -0.4 is 4.74 Å². The molecule has 0 aliphatic rings. The summed E-state index contributed by atoms with van der Waals surface area (Å²) in [6.45, 7) is 5.78. The van der Waals surface area contributed by atoms with Crippen LogP contribution in [0.15, 0.2) is 42.5 Å². The van der Waals surface area contributed by atoms with Crippen molar-refractivity contribution in [3.63, 3.8) is 0 Å². The predicted molar refractivity (Wildman–Crippen MR) is 74.6 cm³/mol. The zero-order valence-corrected chi connectivity index (χ0v) is 11.4. The van der Waals surface area contributed by atoms with Gasteiger partial charge in [0.25, 0.3) is 0 Å². The highest BCUT2D eigenvalue weighted by Crippen LogP contribution is 2.17. The van der Waals surface area contributed by atoms with Crippen molar-refractivity contribution < 1.29 is 9.53 Å². The molecule has 0 N–H and O–H groups in total. The molecule has 3 heteroatoms. The van der Waals surface area contributed by atoms with Gasteiger partial charge >= 0.3 is 0 Å². The van der Waals surface area contributed by atoms with Gasteiger partial charge in [-0.2, -0.15) is 0 Å². The van der Waals surface area contributed by atoms with Crippen LogP contribution in [0.25, 0.3) is 0 Å². The summed E-state index contributed by atoms with van der Waals surface area (Å²) in [5.74, 6) is 0.617. The van der Waals surface area contributed by atoms with Gasteiger partial charge in [0.1, 0.15) is 11.4 Å². The molecule has 0 aliphatic heterocycles. The van der Waals surface area contributed by atoms with E-state index >= 15 is 0 Å². The van der Waals surface area contributed by atoms with E-state index in [0.29, 0.717) is 17.0 Å². The number of rotatable bonds is 4. The van der Waals surface area contributed by atoms with Crippen molar-refractivity contribution in [2.45, 2.75) is 26.9 Å². The Bertz CT molecular complexity index is 591. The predicted octanol–water partition coefficient (Wildman–Crippen LogP) is 3.41. The molecule has 98 valence electrons. The Morgan fingerprint density at radius 1 is 1.16 bits per heavy atom. The van der Waals surface area contributed by atoms with E-state index in [4.69, 9.17) is 4.74 Å². The Hall–Kier alpha value is -2.16. The molecule has 2 aromatic rings. The molecule has 0 unspecified atom stereocenters. The number of hydrogen-bond donors (Lipinski definition) is 0. The summed E-state index contributed by atoms with van der Waals surface area (Å²) in [4.78, 5) is 16.6. The highest BCUT2D eigenvalue weighted by Gasteiger charge is 2.11. The molecular weight excluding hydrogens is 238 g/mol. The first kappa shape index (κ1) is 13.3. The highest BCUT2D eigenvalue weighted by molar-refractivity contribution is 6.07. The number of carbonyl (C=O) groups is 1. The summed E-state index contributed by atoms with van der Waals surface area (Å²) < 4.78 is 5.59. The largest absolute Gasteiger partial charge is 0.491 e. The van der Waals surface area contributed by atoms with Crippen molar-refractivity contribution in [1.82, 2.24) is 4.98 Å². The molecular formula is C16H17NO2. The van der Waals surface area contributed by atoms with Gasteiger partial charge < -0.3 is 4.74 Å². The molecule has 1 aromatic heterocycles. The standard InChI is InChI=1S/C16H17NO2/c1-11(2)19-14-8-5-7-13(10-14)16(18)15-9-4-6-12(3)17-15/h4-11H,1-3H3. The van der Waals surface area contributed by atoms with Gasteiger partial charge in [0.05, 0.1) is 6.10 Å². The van der Waals surface area contributed by atoms with E-state index in [1.807, 2.05) is 45.0 Å². The lowest BCUT2D eigenvalue weighted by molar-refractivity contribution is 0.103. The molecule has 0 amide bonds. The third kappa shape index (κ3) is 3.41. The van der Waals surface area contributed by atoms with Crippen LogP contribution in [0, 0.1) is 6.92 Å². The van der Waals surface area contributed by atoms with Crippen molar-refractivity contribution in [3.05, 3.63) is 59.4 Å². The van der Waals surface area contributed by atoms with Gasteiger partial charge in [-0.25, -0.2) is 4.98 Å². The number of pyridine rings is 1. The lowest BCUT2D eigenvalue weighted by Crippen LogP contribution is -2.08. The smallest absolute Gasteiger partial charge is 0.211 e. The topological polar surface area (TPSA) is 39.2 Å². The molecule has 0 radical (unpaired) electrons. The molecule has 0 saturated carbocycles. The third-order valence-corrected chi connectivity index (χ3v) is 2.59. The van der Waals surface area contributed by atoms with Gasteiger partial charge in [0.15, 0.2) is 0 Å². The van der Waals surface area contributed by atoms with Crippen LogP contribution in [0.1, 0.15) is 35.6 Å². The molecule has 0 aliphatic carbocycles. The third-order valence-electron chi connectivity index (χ3n) is 2.59. The molecule has 2 rings (SSSR count). The first-order valence-corrected chi connectivity index (χ1v) is 6.31. The van der Waals surface area contributed by atoms with Crippen LogP contribution in [-0.2, 0) is 0 Å². The maximum absolute atomic E-state index is 12.3. The second-order valence-electron chi connectivity index (χ2n) is 4.69. The number of carbonyl (C=O) groups excluding carboxylic acids is 1. The van der Waals surface area contributed by atoms with E-state index in [1.165, 1.54) is 0 Å². The Morgan fingerprint density at radius 2 is 1.89 bits per heavy atom. The summed E-state index contributed by atoms with van der Waals surface area (Å²) in [5, 5.41) is 0. The SMILES string of the molecule is Cc1cccc(C(=O)c2cccc(OC(C)C)c2)n1. The number of benzene rings is 1. The van der Waals surface area contributed by atoms with Crippen molar-refractivity contribution in [2.24, 2.45) is 0 Å². The number of ketones is 1. The van der Waals surface area contributed by atoms with Crippen molar-refractivity contribution in [3.8, 4) is 5.75 Å². The van der Waals surface area contributed by atoms with Crippen LogP contribution in [-0.4, -0.2) is 16.9 Å². The highest BCUT2D eigenvalue weighted by atomic mass is 16.5. The fourth-order valence-electron chi connectivity index (χ4n) is 1.80. The van der Waals surface area contributed by atoms with Crippen LogP contribution >= 0.6 is 0 Å². The van der Waals surface area contributed by atoms with Crippen LogP contribution in [0.2, 0.25) is 0 Å². The van der Waals surface area contributed by atoms with Crippen LogP contribution in [0.3, 0.4) is 0 Å². The van der Waals surface area contributed by atoms with Crippen molar-refractivity contribution in [1.29, 1.82) is 0 Å². The zero-order chi connectivity index (χ0) is 13.8. The number of aryl methyl sites for hydroxylation is 1. The van der Waals surface area contributed by atoms with Crippen molar-refractivity contribution >= 4 is 5.78 Å². The molecule has 19 heavy (non-hydrogen) atoms. The Balaban J connectivity index is 2.29. The maximum Gasteiger partial charge on any atom is 0.211 e.